The van der Waals surface area contributed by atoms with Crippen molar-refractivity contribution in [3.05, 3.63) is 29.8 Å². The number of thioether (sulfide) groups is 1. The summed E-state index contributed by atoms with van der Waals surface area (Å²) in [6, 6.07) is 8.92. The molecule has 0 fully saturated rings. The largest absolute Gasteiger partial charge is 0.330 e. The Hall–Kier alpha value is -0.470. The highest BCUT2D eigenvalue weighted by Crippen LogP contribution is 2.19. The Bertz CT molecular complexity index is 268. The summed E-state index contributed by atoms with van der Waals surface area (Å²) in [6.07, 6.45) is 2.26. The standard InChI is InChI=1S/C13H21NS/c1-3-15-13-6-4-12(5-7-13)10-11(2)8-9-14/h4-7,11H,3,8-10,14H2,1-2H3. The van der Waals surface area contributed by atoms with E-state index in [-0.39, 0.29) is 0 Å². The van der Waals surface area contributed by atoms with Gasteiger partial charge in [-0.2, -0.15) is 0 Å². The van der Waals surface area contributed by atoms with Crippen LogP contribution in [0.2, 0.25) is 0 Å². The molecule has 2 N–H and O–H groups in total. The molecule has 0 radical (unpaired) electrons. The molecule has 0 bridgehead atoms. The van der Waals surface area contributed by atoms with Crippen molar-refractivity contribution in [1.82, 2.24) is 0 Å². The lowest BCUT2D eigenvalue weighted by atomic mass is 9.98. The zero-order chi connectivity index (χ0) is 11.1. The van der Waals surface area contributed by atoms with Crippen molar-refractivity contribution in [3.63, 3.8) is 0 Å². The van der Waals surface area contributed by atoms with Crippen LogP contribution in [0, 0.1) is 5.92 Å². The third kappa shape index (κ3) is 4.72. The molecule has 1 rings (SSSR count). The Morgan fingerprint density at radius 2 is 1.93 bits per heavy atom. The molecule has 0 aliphatic carbocycles. The quantitative estimate of drug-likeness (QED) is 0.749. The predicted octanol–water partition coefficient (Wildman–Crippen LogP) is 3.33. The molecule has 1 unspecified atom stereocenters. The molecule has 0 spiro atoms. The second kappa shape index (κ2) is 6.91. The summed E-state index contributed by atoms with van der Waals surface area (Å²) in [5.41, 5.74) is 6.97. The van der Waals surface area contributed by atoms with Gasteiger partial charge in [-0.05, 0) is 48.8 Å². The predicted molar refractivity (Wildman–Crippen MR) is 69.4 cm³/mol. The van der Waals surface area contributed by atoms with Gasteiger partial charge in [0, 0.05) is 4.90 Å². The lowest BCUT2D eigenvalue weighted by molar-refractivity contribution is 0.538. The van der Waals surface area contributed by atoms with Crippen LogP contribution < -0.4 is 5.73 Å². The summed E-state index contributed by atoms with van der Waals surface area (Å²) in [7, 11) is 0. The van der Waals surface area contributed by atoms with Gasteiger partial charge in [-0.1, -0.05) is 26.0 Å². The van der Waals surface area contributed by atoms with E-state index in [1.165, 1.54) is 10.5 Å². The van der Waals surface area contributed by atoms with Crippen LogP contribution in [-0.4, -0.2) is 12.3 Å². The number of nitrogens with two attached hydrogens (primary N) is 1. The van der Waals surface area contributed by atoms with Gasteiger partial charge in [-0.3, -0.25) is 0 Å². The van der Waals surface area contributed by atoms with Gasteiger partial charge in [0.1, 0.15) is 0 Å². The molecule has 0 aliphatic heterocycles. The normalized spacial score (nSPS) is 12.7. The second-order valence-corrected chi connectivity index (χ2v) is 5.30. The van der Waals surface area contributed by atoms with Crippen molar-refractivity contribution in [2.24, 2.45) is 11.7 Å². The highest BCUT2D eigenvalue weighted by molar-refractivity contribution is 7.99. The Morgan fingerprint density at radius 1 is 1.27 bits per heavy atom. The fourth-order valence-electron chi connectivity index (χ4n) is 1.68. The topological polar surface area (TPSA) is 26.0 Å². The molecule has 1 aromatic carbocycles. The van der Waals surface area contributed by atoms with Gasteiger partial charge < -0.3 is 5.73 Å². The van der Waals surface area contributed by atoms with Crippen molar-refractivity contribution in [2.75, 3.05) is 12.3 Å². The van der Waals surface area contributed by atoms with Crippen LogP contribution in [0.4, 0.5) is 0 Å². The molecule has 0 aromatic heterocycles. The fourth-order valence-corrected chi connectivity index (χ4v) is 2.34. The van der Waals surface area contributed by atoms with Crippen molar-refractivity contribution >= 4 is 11.8 Å². The lowest BCUT2D eigenvalue weighted by Gasteiger charge is -2.10. The van der Waals surface area contributed by atoms with Crippen LogP contribution in [-0.2, 0) is 6.42 Å². The van der Waals surface area contributed by atoms with Crippen LogP contribution in [0.5, 0.6) is 0 Å². The van der Waals surface area contributed by atoms with Crippen molar-refractivity contribution in [3.8, 4) is 0 Å². The second-order valence-electron chi connectivity index (χ2n) is 3.96. The number of hydrogen-bond donors (Lipinski definition) is 1. The van der Waals surface area contributed by atoms with Gasteiger partial charge in [-0.15, -0.1) is 11.8 Å². The van der Waals surface area contributed by atoms with Gasteiger partial charge in [0.25, 0.3) is 0 Å². The van der Waals surface area contributed by atoms with E-state index in [0.717, 1.165) is 25.1 Å². The summed E-state index contributed by atoms with van der Waals surface area (Å²) in [6.45, 7) is 5.24. The minimum absolute atomic E-state index is 0.694. The molecule has 0 saturated heterocycles. The first-order valence-corrected chi connectivity index (χ1v) is 6.66. The van der Waals surface area contributed by atoms with Gasteiger partial charge in [0.2, 0.25) is 0 Å². The maximum atomic E-state index is 5.54. The third-order valence-electron chi connectivity index (χ3n) is 2.48. The summed E-state index contributed by atoms with van der Waals surface area (Å²) in [5.74, 6) is 1.84. The highest BCUT2D eigenvalue weighted by atomic mass is 32.2. The average molecular weight is 223 g/mol. The molecule has 2 heteroatoms. The van der Waals surface area contributed by atoms with E-state index in [0.29, 0.717) is 5.92 Å². The minimum atomic E-state index is 0.694. The first-order valence-electron chi connectivity index (χ1n) is 5.68. The first-order chi connectivity index (χ1) is 7.26. The Morgan fingerprint density at radius 3 is 2.47 bits per heavy atom. The molecule has 0 aliphatic rings. The van der Waals surface area contributed by atoms with Crippen molar-refractivity contribution in [1.29, 1.82) is 0 Å². The summed E-state index contributed by atoms with van der Waals surface area (Å²) in [5, 5.41) is 0. The van der Waals surface area contributed by atoms with Crippen LogP contribution in [0.1, 0.15) is 25.8 Å². The highest BCUT2D eigenvalue weighted by Gasteiger charge is 2.02. The number of benzene rings is 1. The van der Waals surface area contributed by atoms with E-state index in [2.05, 4.69) is 38.1 Å². The molecule has 1 nitrogen and oxygen atoms in total. The molecular formula is C13H21NS. The third-order valence-corrected chi connectivity index (χ3v) is 3.37. The average Bonchev–Trinajstić information content (AvgIpc) is 2.22. The van der Waals surface area contributed by atoms with Crippen LogP contribution >= 0.6 is 11.8 Å². The van der Waals surface area contributed by atoms with Gasteiger partial charge in [-0.25, -0.2) is 0 Å². The van der Waals surface area contributed by atoms with E-state index in [9.17, 15) is 0 Å². The van der Waals surface area contributed by atoms with Crippen LogP contribution in [0.15, 0.2) is 29.2 Å². The van der Waals surface area contributed by atoms with E-state index >= 15 is 0 Å². The summed E-state index contributed by atoms with van der Waals surface area (Å²) in [4.78, 5) is 1.37. The SMILES string of the molecule is CCSc1ccc(CC(C)CCN)cc1. The minimum Gasteiger partial charge on any atom is -0.330 e. The molecule has 0 saturated carbocycles. The van der Waals surface area contributed by atoms with Gasteiger partial charge in [0.15, 0.2) is 0 Å². The maximum absolute atomic E-state index is 5.54. The number of hydrogen-bond acceptors (Lipinski definition) is 2. The Kier molecular flexibility index (Phi) is 5.81. The summed E-state index contributed by atoms with van der Waals surface area (Å²) >= 11 is 1.89. The van der Waals surface area contributed by atoms with Gasteiger partial charge in [0.05, 0.1) is 0 Å². The molecule has 84 valence electrons. The van der Waals surface area contributed by atoms with E-state index < -0.39 is 0 Å². The van der Waals surface area contributed by atoms with E-state index in [1.807, 2.05) is 11.8 Å². The van der Waals surface area contributed by atoms with Gasteiger partial charge >= 0.3 is 0 Å². The first kappa shape index (κ1) is 12.6. The Balaban J connectivity index is 2.48. The summed E-state index contributed by atoms with van der Waals surface area (Å²) < 4.78 is 0. The zero-order valence-corrected chi connectivity index (χ0v) is 10.5. The lowest BCUT2D eigenvalue weighted by Crippen LogP contribution is -2.07. The number of rotatable bonds is 6. The van der Waals surface area contributed by atoms with Crippen molar-refractivity contribution in [2.45, 2.75) is 31.6 Å². The maximum Gasteiger partial charge on any atom is 0.00720 e. The van der Waals surface area contributed by atoms with E-state index in [1.54, 1.807) is 0 Å². The zero-order valence-electron chi connectivity index (χ0n) is 9.70. The molecule has 0 amide bonds. The monoisotopic (exact) mass is 223 g/mol. The van der Waals surface area contributed by atoms with Crippen LogP contribution in [0.25, 0.3) is 0 Å². The molecule has 0 heterocycles. The molecule has 1 aromatic rings. The fraction of sp³-hybridized carbons (Fsp3) is 0.538. The van der Waals surface area contributed by atoms with Crippen LogP contribution in [0.3, 0.4) is 0 Å². The molecular weight excluding hydrogens is 202 g/mol. The van der Waals surface area contributed by atoms with E-state index in [4.69, 9.17) is 5.73 Å². The molecule has 1 atom stereocenters. The van der Waals surface area contributed by atoms with Crippen molar-refractivity contribution < 1.29 is 0 Å². The Labute approximate surface area is 97.4 Å². The molecule has 15 heavy (non-hydrogen) atoms. The smallest absolute Gasteiger partial charge is 0.00720 e.